The van der Waals surface area contributed by atoms with Crippen molar-refractivity contribution in [2.24, 2.45) is 12.1 Å². The Morgan fingerprint density at radius 3 is 2.92 bits per heavy atom. The van der Waals surface area contributed by atoms with Gasteiger partial charge in [-0.25, -0.2) is 10.2 Å². The summed E-state index contributed by atoms with van der Waals surface area (Å²) in [4.78, 5) is 30.5. The number of aromatic nitrogens is 4. The van der Waals surface area contributed by atoms with Gasteiger partial charge in [0.1, 0.15) is 5.75 Å². The van der Waals surface area contributed by atoms with Crippen molar-refractivity contribution in [2.45, 2.75) is 19.9 Å². The number of benzene rings is 1. The van der Waals surface area contributed by atoms with E-state index in [9.17, 15) is 14.7 Å². The van der Waals surface area contributed by atoms with Crippen molar-refractivity contribution in [3.05, 3.63) is 50.7 Å². The number of imidazole rings is 1. The van der Waals surface area contributed by atoms with Crippen LogP contribution in [0.3, 0.4) is 0 Å². The monoisotopic (exact) mass is 342 g/mol. The molecule has 0 saturated carbocycles. The van der Waals surface area contributed by atoms with E-state index in [-0.39, 0.29) is 11.4 Å². The first-order valence-electron chi connectivity index (χ1n) is 7.79. The van der Waals surface area contributed by atoms with Crippen LogP contribution in [0.15, 0.2) is 39.0 Å². The maximum atomic E-state index is 12.2. The summed E-state index contributed by atoms with van der Waals surface area (Å²) in [6, 6.07) is 6.62. The van der Waals surface area contributed by atoms with E-state index in [1.807, 2.05) is 6.92 Å². The van der Waals surface area contributed by atoms with E-state index in [0.717, 1.165) is 6.42 Å². The molecule has 0 bridgehead atoms. The lowest BCUT2D eigenvalue weighted by Gasteiger charge is -2.05. The van der Waals surface area contributed by atoms with Crippen LogP contribution in [0.1, 0.15) is 18.9 Å². The Morgan fingerprint density at radius 1 is 1.40 bits per heavy atom. The van der Waals surface area contributed by atoms with Crippen molar-refractivity contribution in [3.8, 4) is 5.75 Å². The first-order valence-corrected chi connectivity index (χ1v) is 7.79. The lowest BCUT2D eigenvalue weighted by atomic mass is 10.2. The van der Waals surface area contributed by atoms with Crippen LogP contribution in [-0.2, 0) is 13.6 Å². The number of H-pyrrole nitrogens is 1. The normalized spacial score (nSPS) is 11.4. The highest BCUT2D eigenvalue weighted by atomic mass is 16.3. The molecule has 130 valence electrons. The van der Waals surface area contributed by atoms with Gasteiger partial charge >= 0.3 is 5.69 Å². The van der Waals surface area contributed by atoms with Gasteiger partial charge in [-0.1, -0.05) is 19.1 Å². The Kier molecular flexibility index (Phi) is 4.38. The van der Waals surface area contributed by atoms with E-state index in [1.54, 1.807) is 35.9 Å². The molecule has 3 rings (SSSR count). The van der Waals surface area contributed by atoms with E-state index >= 15 is 0 Å². The van der Waals surface area contributed by atoms with Crippen molar-refractivity contribution in [2.75, 3.05) is 5.43 Å². The average molecular weight is 342 g/mol. The molecule has 0 atom stereocenters. The number of hydrazone groups is 1. The van der Waals surface area contributed by atoms with Gasteiger partial charge in [-0.2, -0.15) is 10.1 Å². The van der Waals surface area contributed by atoms with Crippen LogP contribution >= 0.6 is 0 Å². The number of aromatic amines is 1. The molecule has 2 heterocycles. The van der Waals surface area contributed by atoms with Crippen LogP contribution in [0.25, 0.3) is 11.2 Å². The molecule has 1 aromatic carbocycles. The topological polar surface area (TPSA) is 117 Å². The summed E-state index contributed by atoms with van der Waals surface area (Å²) in [7, 11) is 1.55. The van der Waals surface area contributed by atoms with Crippen molar-refractivity contribution in [3.63, 3.8) is 0 Å². The molecule has 0 fully saturated rings. The Bertz CT molecular complexity index is 1060. The van der Waals surface area contributed by atoms with Gasteiger partial charge < -0.3 is 9.67 Å². The summed E-state index contributed by atoms with van der Waals surface area (Å²) in [5.74, 6) is 0.503. The van der Waals surface area contributed by atoms with Gasteiger partial charge in [0.15, 0.2) is 11.2 Å². The number of phenolic OH excluding ortho intramolecular Hbond substituents is 1. The highest BCUT2D eigenvalue weighted by Gasteiger charge is 2.16. The van der Waals surface area contributed by atoms with Crippen LogP contribution in [0.2, 0.25) is 0 Å². The second-order valence-corrected chi connectivity index (χ2v) is 5.54. The van der Waals surface area contributed by atoms with Crippen LogP contribution in [0, 0.1) is 0 Å². The average Bonchev–Trinajstić information content (AvgIpc) is 2.93. The Morgan fingerprint density at radius 2 is 2.20 bits per heavy atom. The number of aromatic hydroxyl groups is 1. The molecule has 0 aliphatic heterocycles. The fourth-order valence-electron chi connectivity index (χ4n) is 2.53. The first kappa shape index (κ1) is 16.5. The number of nitrogens with one attached hydrogen (secondary N) is 2. The summed E-state index contributed by atoms with van der Waals surface area (Å²) in [6.07, 6.45) is 2.30. The number of phenols is 1. The molecular formula is C16H18N6O3. The predicted molar refractivity (Wildman–Crippen MR) is 95.2 cm³/mol. The third kappa shape index (κ3) is 3.16. The molecule has 9 nitrogen and oxygen atoms in total. The fourth-order valence-corrected chi connectivity index (χ4v) is 2.53. The van der Waals surface area contributed by atoms with Gasteiger partial charge in [0.25, 0.3) is 5.56 Å². The molecular weight excluding hydrogens is 324 g/mol. The highest BCUT2D eigenvalue weighted by molar-refractivity contribution is 5.81. The fraction of sp³-hybridized carbons (Fsp3) is 0.250. The molecule has 0 saturated heterocycles. The minimum Gasteiger partial charge on any atom is -0.508 e. The molecule has 9 heteroatoms. The number of hydrogen-bond acceptors (Lipinski definition) is 6. The zero-order valence-corrected chi connectivity index (χ0v) is 13.9. The Hall–Kier alpha value is -3.36. The molecule has 0 radical (unpaired) electrons. The lowest BCUT2D eigenvalue weighted by molar-refractivity contribution is 0.475. The van der Waals surface area contributed by atoms with E-state index in [0.29, 0.717) is 23.6 Å². The SMILES string of the molecule is CCCn1c(NN=Cc2cccc(O)c2)nc2c1c(=O)[nH]c(=O)n2C. The van der Waals surface area contributed by atoms with Crippen LogP contribution in [-0.4, -0.2) is 30.4 Å². The maximum absolute atomic E-state index is 12.2. The quantitative estimate of drug-likeness (QED) is 0.472. The van der Waals surface area contributed by atoms with Crippen molar-refractivity contribution in [1.82, 2.24) is 19.1 Å². The molecule has 0 spiro atoms. The number of rotatable bonds is 5. The van der Waals surface area contributed by atoms with Gasteiger partial charge in [-0.05, 0) is 24.1 Å². The van der Waals surface area contributed by atoms with Gasteiger partial charge in [0.05, 0.1) is 6.21 Å². The van der Waals surface area contributed by atoms with E-state index in [4.69, 9.17) is 0 Å². The molecule has 0 unspecified atom stereocenters. The number of hydrogen-bond donors (Lipinski definition) is 3. The lowest BCUT2D eigenvalue weighted by Crippen LogP contribution is -2.29. The summed E-state index contributed by atoms with van der Waals surface area (Å²) in [5, 5.41) is 13.6. The van der Waals surface area contributed by atoms with Crippen molar-refractivity contribution in [1.29, 1.82) is 0 Å². The Balaban J connectivity index is 2.02. The molecule has 0 amide bonds. The highest BCUT2D eigenvalue weighted by Crippen LogP contribution is 2.16. The summed E-state index contributed by atoms with van der Waals surface area (Å²) >= 11 is 0. The summed E-state index contributed by atoms with van der Waals surface area (Å²) < 4.78 is 2.97. The zero-order chi connectivity index (χ0) is 18.0. The van der Waals surface area contributed by atoms with E-state index in [2.05, 4.69) is 20.5 Å². The van der Waals surface area contributed by atoms with Gasteiger partial charge in [-0.15, -0.1) is 0 Å². The molecule has 2 aromatic heterocycles. The van der Waals surface area contributed by atoms with E-state index < -0.39 is 11.2 Å². The standard InChI is InChI=1S/C16H18N6O3/c1-3-7-22-12-13(21(2)16(25)19-14(12)24)18-15(22)20-17-9-10-5-4-6-11(23)8-10/h4-6,8-9,23H,3,7H2,1-2H3,(H,18,20)(H,19,24,25). The minimum atomic E-state index is -0.520. The number of anilines is 1. The van der Waals surface area contributed by atoms with E-state index in [1.165, 1.54) is 10.8 Å². The van der Waals surface area contributed by atoms with Gasteiger partial charge in [-0.3, -0.25) is 14.3 Å². The number of fused-ring (bicyclic) bond motifs is 1. The van der Waals surface area contributed by atoms with Crippen molar-refractivity contribution < 1.29 is 5.11 Å². The maximum Gasteiger partial charge on any atom is 0.329 e. The van der Waals surface area contributed by atoms with Gasteiger partial charge in [0, 0.05) is 13.6 Å². The zero-order valence-electron chi connectivity index (χ0n) is 13.9. The van der Waals surface area contributed by atoms with Crippen molar-refractivity contribution >= 4 is 23.3 Å². The van der Waals surface area contributed by atoms with Crippen LogP contribution in [0.5, 0.6) is 5.75 Å². The van der Waals surface area contributed by atoms with Gasteiger partial charge in [0.2, 0.25) is 5.95 Å². The number of nitrogens with zero attached hydrogens (tertiary/aromatic N) is 4. The summed E-state index contributed by atoms with van der Waals surface area (Å²) in [6.45, 7) is 2.52. The Labute approximate surface area is 142 Å². The second kappa shape index (κ2) is 6.63. The molecule has 0 aliphatic rings. The molecule has 25 heavy (non-hydrogen) atoms. The third-order valence-corrected chi connectivity index (χ3v) is 3.70. The molecule has 3 N–H and O–H groups in total. The third-order valence-electron chi connectivity index (χ3n) is 3.70. The largest absolute Gasteiger partial charge is 0.508 e. The van der Waals surface area contributed by atoms with Crippen LogP contribution < -0.4 is 16.7 Å². The number of aryl methyl sites for hydroxylation is 2. The minimum absolute atomic E-state index is 0.142. The van der Waals surface area contributed by atoms with Crippen LogP contribution in [0.4, 0.5) is 5.95 Å². The predicted octanol–water partition coefficient (Wildman–Crippen LogP) is 0.985. The second-order valence-electron chi connectivity index (χ2n) is 5.54. The molecule has 0 aliphatic carbocycles. The summed E-state index contributed by atoms with van der Waals surface area (Å²) in [5.41, 5.74) is 3.11. The smallest absolute Gasteiger partial charge is 0.329 e. The molecule has 3 aromatic rings. The first-order chi connectivity index (χ1) is 12.0.